The first-order valence-corrected chi connectivity index (χ1v) is 17.5. The second-order valence-corrected chi connectivity index (χ2v) is 17.4. The summed E-state index contributed by atoms with van der Waals surface area (Å²) in [7, 11) is -2.77. The lowest BCUT2D eigenvalue weighted by Gasteiger charge is -2.47. The molecule has 0 spiro atoms. The molecular formula is C32H45NO7SSi. The quantitative estimate of drug-likeness (QED) is 0.196. The first kappa shape index (κ1) is 33.8. The SMILES string of the molecule is CC(=O)OC1C(SCCNC(=O)CCC(=O)O)OC(CO[Si](c2ccccc2)(c2ccccc2)C(C)(C)C)C(C)C1C. The molecule has 10 heteroatoms. The van der Waals surface area contributed by atoms with Gasteiger partial charge < -0.3 is 24.3 Å². The van der Waals surface area contributed by atoms with Crippen molar-refractivity contribution >= 4 is 48.3 Å². The van der Waals surface area contributed by atoms with Crippen molar-refractivity contribution in [3.63, 3.8) is 0 Å². The van der Waals surface area contributed by atoms with Gasteiger partial charge in [0.15, 0.2) is 0 Å². The van der Waals surface area contributed by atoms with Crippen molar-refractivity contribution in [1.29, 1.82) is 0 Å². The first-order valence-electron chi connectivity index (χ1n) is 14.5. The fraction of sp³-hybridized carbons (Fsp3) is 0.531. The van der Waals surface area contributed by atoms with Crippen molar-refractivity contribution in [3.05, 3.63) is 60.7 Å². The van der Waals surface area contributed by atoms with Crippen LogP contribution in [0.5, 0.6) is 0 Å². The third-order valence-corrected chi connectivity index (χ3v) is 14.1. The third-order valence-electron chi connectivity index (χ3n) is 7.97. The number of thioether (sulfide) groups is 1. The van der Waals surface area contributed by atoms with Crippen LogP contribution in [0.25, 0.3) is 0 Å². The molecule has 1 heterocycles. The topological polar surface area (TPSA) is 111 Å². The Hall–Kier alpha value is -2.66. The van der Waals surface area contributed by atoms with E-state index in [1.54, 1.807) is 0 Å². The molecule has 0 aliphatic carbocycles. The Morgan fingerprint density at radius 1 is 0.952 bits per heavy atom. The minimum absolute atomic E-state index is 0.0121. The summed E-state index contributed by atoms with van der Waals surface area (Å²) in [6, 6.07) is 21.0. The number of esters is 1. The van der Waals surface area contributed by atoms with Crippen LogP contribution in [0.3, 0.4) is 0 Å². The minimum Gasteiger partial charge on any atom is -0.481 e. The van der Waals surface area contributed by atoms with E-state index in [1.807, 2.05) is 12.1 Å². The molecule has 2 aromatic rings. The Balaban J connectivity index is 1.81. The summed E-state index contributed by atoms with van der Waals surface area (Å²) in [4.78, 5) is 34.7. The van der Waals surface area contributed by atoms with Crippen LogP contribution in [-0.4, -0.2) is 67.8 Å². The van der Waals surface area contributed by atoms with Crippen molar-refractivity contribution in [3.8, 4) is 0 Å². The Morgan fingerprint density at radius 2 is 1.52 bits per heavy atom. The van der Waals surface area contributed by atoms with Gasteiger partial charge in [0, 0.05) is 31.6 Å². The van der Waals surface area contributed by atoms with Crippen molar-refractivity contribution < 1.29 is 33.4 Å². The number of carboxylic acid groups (broad SMARTS) is 1. The molecular weight excluding hydrogens is 571 g/mol. The normalized spacial score (nSPS) is 22.8. The Kier molecular flexibility index (Phi) is 12.2. The number of hydrogen-bond acceptors (Lipinski definition) is 7. The molecule has 0 radical (unpaired) electrons. The molecule has 3 rings (SSSR count). The summed E-state index contributed by atoms with van der Waals surface area (Å²) in [5.74, 6) is -1.09. The van der Waals surface area contributed by atoms with Crippen molar-refractivity contribution in [2.75, 3.05) is 18.9 Å². The molecule has 8 nitrogen and oxygen atoms in total. The average molecular weight is 616 g/mol. The Morgan fingerprint density at radius 3 is 2.02 bits per heavy atom. The minimum atomic E-state index is -2.77. The number of hydrogen-bond donors (Lipinski definition) is 2. The van der Waals surface area contributed by atoms with Gasteiger partial charge in [-0.15, -0.1) is 11.8 Å². The first-order chi connectivity index (χ1) is 19.9. The number of rotatable bonds is 13. The number of nitrogens with one attached hydrogen (secondary N) is 1. The van der Waals surface area contributed by atoms with Crippen LogP contribution in [0.1, 0.15) is 54.4 Å². The van der Waals surface area contributed by atoms with E-state index in [2.05, 4.69) is 88.5 Å². The van der Waals surface area contributed by atoms with Gasteiger partial charge in [-0.25, -0.2) is 0 Å². The maximum atomic E-state index is 12.0. The molecule has 1 aliphatic rings. The van der Waals surface area contributed by atoms with Gasteiger partial charge in [0.2, 0.25) is 5.91 Å². The van der Waals surface area contributed by atoms with E-state index in [-0.39, 0.29) is 47.7 Å². The van der Waals surface area contributed by atoms with Gasteiger partial charge in [-0.05, 0) is 21.3 Å². The molecule has 2 N–H and O–H groups in total. The molecule has 42 heavy (non-hydrogen) atoms. The maximum absolute atomic E-state index is 12.0. The molecule has 2 aromatic carbocycles. The summed E-state index contributed by atoms with van der Waals surface area (Å²) < 4.78 is 19.6. The van der Waals surface area contributed by atoms with Gasteiger partial charge in [0.25, 0.3) is 8.32 Å². The van der Waals surface area contributed by atoms with Gasteiger partial charge in [-0.3, -0.25) is 14.4 Å². The van der Waals surface area contributed by atoms with Crippen molar-refractivity contribution in [2.24, 2.45) is 11.8 Å². The second kappa shape index (κ2) is 15.2. The highest BCUT2D eigenvalue weighted by Gasteiger charge is 2.52. The highest BCUT2D eigenvalue weighted by atomic mass is 32.2. The van der Waals surface area contributed by atoms with E-state index in [4.69, 9.17) is 19.0 Å². The lowest BCUT2D eigenvalue weighted by Crippen LogP contribution is -2.67. The van der Waals surface area contributed by atoms with Crippen LogP contribution >= 0.6 is 11.8 Å². The van der Waals surface area contributed by atoms with E-state index in [0.717, 1.165) is 0 Å². The third kappa shape index (κ3) is 8.46. The Labute approximate surface area is 255 Å². The van der Waals surface area contributed by atoms with Crippen molar-refractivity contribution in [1.82, 2.24) is 5.32 Å². The summed E-state index contributed by atoms with van der Waals surface area (Å²) in [5.41, 5.74) is -0.441. The summed E-state index contributed by atoms with van der Waals surface area (Å²) in [5, 5.41) is 13.8. The smallest absolute Gasteiger partial charge is 0.303 e. The predicted octanol–water partition coefficient (Wildman–Crippen LogP) is 4.21. The van der Waals surface area contributed by atoms with Crippen molar-refractivity contribution in [2.45, 2.75) is 77.1 Å². The van der Waals surface area contributed by atoms with Gasteiger partial charge in [-0.2, -0.15) is 0 Å². The van der Waals surface area contributed by atoms with Crippen LogP contribution in [0.2, 0.25) is 5.04 Å². The van der Waals surface area contributed by atoms with Crippen LogP contribution in [0, 0.1) is 11.8 Å². The fourth-order valence-corrected chi connectivity index (χ4v) is 11.3. The lowest BCUT2D eigenvalue weighted by atomic mass is 9.84. The van der Waals surface area contributed by atoms with Crippen LogP contribution in [0.15, 0.2) is 60.7 Å². The number of aliphatic carboxylic acids is 1. The van der Waals surface area contributed by atoms with Gasteiger partial charge in [-0.1, -0.05) is 95.3 Å². The number of carboxylic acids is 1. The number of carbonyl (C=O) groups is 3. The zero-order chi connectivity index (χ0) is 30.9. The van der Waals surface area contributed by atoms with E-state index in [9.17, 15) is 14.4 Å². The maximum Gasteiger partial charge on any atom is 0.303 e. The standard InChI is InChI=1S/C32H45NO7SSi/c1-22-23(2)30(39-24(3)34)31(41-20-19-33-28(35)17-18-29(36)37)40-27(22)21-38-42(32(4,5)6,25-13-9-7-10-14-25)26-15-11-8-12-16-26/h7-16,22-23,27,30-31H,17-21H2,1-6H3,(H,33,35)(H,36,37). The van der Waals surface area contributed by atoms with Crippen LogP contribution in [0.4, 0.5) is 0 Å². The summed E-state index contributed by atoms with van der Waals surface area (Å²) in [6.45, 7) is 13.1. The molecule has 5 unspecified atom stereocenters. The average Bonchev–Trinajstić information content (AvgIpc) is 2.94. The molecule has 1 amide bonds. The van der Waals surface area contributed by atoms with Crippen LogP contribution < -0.4 is 15.7 Å². The zero-order valence-electron chi connectivity index (χ0n) is 25.5. The van der Waals surface area contributed by atoms with Gasteiger partial charge >= 0.3 is 11.9 Å². The van der Waals surface area contributed by atoms with E-state index in [1.165, 1.54) is 29.1 Å². The van der Waals surface area contributed by atoms with E-state index < -0.39 is 25.8 Å². The number of ether oxygens (including phenoxy) is 2. The number of amides is 1. The lowest BCUT2D eigenvalue weighted by molar-refractivity contribution is -0.179. The zero-order valence-corrected chi connectivity index (χ0v) is 27.3. The number of benzene rings is 2. The van der Waals surface area contributed by atoms with Crippen LogP contribution in [-0.2, 0) is 28.3 Å². The monoisotopic (exact) mass is 615 g/mol. The second-order valence-electron chi connectivity index (χ2n) is 11.9. The van der Waals surface area contributed by atoms with Gasteiger partial charge in [0.1, 0.15) is 11.5 Å². The molecule has 0 bridgehead atoms. The molecule has 1 fully saturated rings. The highest BCUT2D eigenvalue weighted by Crippen LogP contribution is 2.40. The predicted molar refractivity (Wildman–Crippen MR) is 168 cm³/mol. The fourth-order valence-electron chi connectivity index (χ4n) is 5.58. The highest BCUT2D eigenvalue weighted by molar-refractivity contribution is 7.99. The molecule has 5 atom stereocenters. The van der Waals surface area contributed by atoms with E-state index in [0.29, 0.717) is 18.9 Å². The Bertz CT molecular complexity index is 1130. The largest absolute Gasteiger partial charge is 0.481 e. The van der Waals surface area contributed by atoms with Gasteiger partial charge in [0.05, 0.1) is 19.1 Å². The summed E-state index contributed by atoms with van der Waals surface area (Å²) in [6.07, 6.45) is -0.959. The molecule has 230 valence electrons. The molecule has 1 aliphatic heterocycles. The molecule has 0 saturated carbocycles. The molecule has 0 aromatic heterocycles. The number of carbonyl (C=O) groups excluding carboxylic acids is 2. The molecule has 1 saturated heterocycles. The van der Waals surface area contributed by atoms with E-state index >= 15 is 0 Å². The summed E-state index contributed by atoms with van der Waals surface area (Å²) >= 11 is 1.48.